The molecule has 2 amide bonds. The Bertz CT molecular complexity index is 742. The van der Waals surface area contributed by atoms with Gasteiger partial charge in [-0.1, -0.05) is 0 Å². The average molecular weight is 345 g/mol. The van der Waals surface area contributed by atoms with Crippen LogP contribution >= 0.6 is 11.3 Å². The molecule has 1 aliphatic heterocycles. The summed E-state index contributed by atoms with van der Waals surface area (Å²) in [5, 5.41) is 3.01. The molecule has 0 bridgehead atoms. The maximum atomic E-state index is 12.3. The molecule has 0 saturated carbocycles. The van der Waals surface area contributed by atoms with Crippen LogP contribution in [0.4, 0.5) is 4.79 Å². The number of aryl methyl sites for hydroxylation is 1. The zero-order valence-electron chi connectivity index (χ0n) is 13.4. The van der Waals surface area contributed by atoms with E-state index in [9.17, 15) is 9.59 Å². The fraction of sp³-hybridized carbons (Fsp3) is 0.353. The van der Waals surface area contributed by atoms with Crippen molar-refractivity contribution >= 4 is 23.3 Å². The van der Waals surface area contributed by atoms with E-state index in [-0.39, 0.29) is 11.9 Å². The molecule has 1 fully saturated rings. The van der Waals surface area contributed by atoms with Crippen molar-refractivity contribution in [2.45, 2.75) is 19.8 Å². The van der Waals surface area contributed by atoms with Gasteiger partial charge in [0, 0.05) is 24.0 Å². The minimum Gasteiger partial charge on any atom is -0.426 e. The van der Waals surface area contributed by atoms with E-state index in [2.05, 4.69) is 4.98 Å². The minimum absolute atomic E-state index is 0.321. The van der Waals surface area contributed by atoms with Crippen molar-refractivity contribution < 1.29 is 14.3 Å². The summed E-state index contributed by atoms with van der Waals surface area (Å²) in [7, 11) is 0. The number of hydrogen-bond acceptors (Lipinski definition) is 5. The topological polar surface area (TPSA) is 85.5 Å². The highest BCUT2D eigenvalue weighted by Gasteiger charge is 2.28. The lowest BCUT2D eigenvalue weighted by Crippen LogP contribution is -2.45. The summed E-state index contributed by atoms with van der Waals surface area (Å²) >= 11 is 1.60. The van der Waals surface area contributed by atoms with Crippen LogP contribution in [0.5, 0.6) is 5.75 Å². The number of nitrogens with zero attached hydrogens (tertiary/aromatic N) is 2. The molecule has 3 rings (SSSR count). The maximum Gasteiger partial charge on any atom is 0.316 e. The molecule has 2 N–H and O–H groups in total. The Morgan fingerprint density at radius 3 is 2.71 bits per heavy atom. The number of benzene rings is 1. The summed E-state index contributed by atoms with van der Waals surface area (Å²) in [6, 6.07) is 6.80. The predicted molar refractivity (Wildman–Crippen MR) is 91.8 cm³/mol. The highest BCUT2D eigenvalue weighted by atomic mass is 32.1. The maximum absolute atomic E-state index is 12.3. The van der Waals surface area contributed by atoms with E-state index in [1.807, 2.05) is 24.4 Å². The first kappa shape index (κ1) is 16.4. The summed E-state index contributed by atoms with van der Waals surface area (Å²) in [6.07, 6.45) is 1.46. The molecule has 2 aromatic rings. The monoisotopic (exact) mass is 345 g/mol. The van der Waals surface area contributed by atoms with Crippen molar-refractivity contribution in [3.8, 4) is 17.0 Å². The van der Waals surface area contributed by atoms with Crippen LogP contribution in [0.15, 0.2) is 29.6 Å². The fourth-order valence-electron chi connectivity index (χ4n) is 2.76. The number of urea groups is 1. The Balaban J connectivity index is 1.63. The van der Waals surface area contributed by atoms with Crippen molar-refractivity contribution in [1.82, 2.24) is 9.88 Å². The van der Waals surface area contributed by atoms with Crippen molar-refractivity contribution in [2.24, 2.45) is 11.7 Å². The number of likely N-dealkylation sites (tertiary alicyclic amines) is 1. The largest absolute Gasteiger partial charge is 0.426 e. The predicted octanol–water partition coefficient (Wildman–Crippen LogP) is 2.81. The van der Waals surface area contributed by atoms with Gasteiger partial charge in [-0.2, -0.15) is 0 Å². The van der Waals surface area contributed by atoms with Gasteiger partial charge in [0.25, 0.3) is 0 Å². The highest BCUT2D eigenvalue weighted by molar-refractivity contribution is 7.09. The summed E-state index contributed by atoms with van der Waals surface area (Å²) in [5.41, 5.74) is 7.19. The molecular weight excluding hydrogens is 326 g/mol. The number of nitrogens with two attached hydrogens (primary N) is 1. The average Bonchev–Trinajstić information content (AvgIpc) is 3.02. The highest BCUT2D eigenvalue weighted by Crippen LogP contribution is 2.25. The van der Waals surface area contributed by atoms with E-state index in [1.165, 1.54) is 4.90 Å². The van der Waals surface area contributed by atoms with Crippen LogP contribution in [-0.2, 0) is 4.79 Å². The van der Waals surface area contributed by atoms with Gasteiger partial charge in [0.05, 0.1) is 16.6 Å². The van der Waals surface area contributed by atoms with Crippen molar-refractivity contribution in [3.05, 3.63) is 34.7 Å². The van der Waals surface area contributed by atoms with Gasteiger partial charge in [-0.15, -0.1) is 11.3 Å². The first-order valence-corrected chi connectivity index (χ1v) is 8.69. The first-order valence-electron chi connectivity index (χ1n) is 7.81. The number of carbonyl (C=O) groups excluding carboxylic acids is 2. The number of rotatable bonds is 3. The Morgan fingerprint density at radius 2 is 2.08 bits per heavy atom. The zero-order valence-corrected chi connectivity index (χ0v) is 14.2. The summed E-state index contributed by atoms with van der Waals surface area (Å²) < 4.78 is 5.44. The van der Waals surface area contributed by atoms with E-state index in [4.69, 9.17) is 10.5 Å². The van der Waals surface area contributed by atoms with E-state index in [0.717, 1.165) is 22.7 Å². The second-order valence-electron chi connectivity index (χ2n) is 5.82. The number of aromatic nitrogens is 1. The smallest absolute Gasteiger partial charge is 0.316 e. The second-order valence-corrected chi connectivity index (χ2v) is 6.88. The molecule has 1 aliphatic rings. The summed E-state index contributed by atoms with van der Waals surface area (Å²) in [6.45, 7) is 2.88. The summed E-state index contributed by atoms with van der Waals surface area (Å²) in [4.78, 5) is 29.4. The van der Waals surface area contributed by atoms with Gasteiger partial charge in [-0.05, 0) is 44.0 Å². The lowest BCUT2D eigenvalue weighted by Gasteiger charge is -2.30. The molecule has 1 atom stereocenters. The fourth-order valence-corrected chi connectivity index (χ4v) is 3.38. The molecule has 1 saturated heterocycles. The van der Waals surface area contributed by atoms with Gasteiger partial charge in [0.1, 0.15) is 5.75 Å². The van der Waals surface area contributed by atoms with Crippen LogP contribution < -0.4 is 10.5 Å². The Kier molecular flexibility index (Phi) is 4.80. The van der Waals surface area contributed by atoms with Gasteiger partial charge >= 0.3 is 12.0 Å². The molecule has 0 radical (unpaired) electrons. The molecule has 126 valence electrons. The molecule has 1 aromatic heterocycles. The van der Waals surface area contributed by atoms with Crippen LogP contribution in [0.2, 0.25) is 0 Å². The lowest BCUT2D eigenvalue weighted by molar-refractivity contribution is -0.140. The second kappa shape index (κ2) is 7.00. The Hall–Kier alpha value is -2.41. The third kappa shape index (κ3) is 3.73. The Morgan fingerprint density at radius 1 is 1.33 bits per heavy atom. The molecular formula is C17H19N3O3S. The number of hydrogen-bond donors (Lipinski definition) is 1. The van der Waals surface area contributed by atoms with Crippen LogP contribution in [0.25, 0.3) is 11.3 Å². The third-order valence-corrected chi connectivity index (χ3v) is 4.83. The molecule has 2 heterocycles. The van der Waals surface area contributed by atoms with Crippen molar-refractivity contribution in [2.75, 3.05) is 13.1 Å². The van der Waals surface area contributed by atoms with Gasteiger partial charge in [0.2, 0.25) is 0 Å². The molecule has 0 aliphatic carbocycles. The lowest BCUT2D eigenvalue weighted by atomic mass is 9.98. The van der Waals surface area contributed by atoms with E-state index in [1.54, 1.807) is 23.5 Å². The van der Waals surface area contributed by atoms with Crippen molar-refractivity contribution in [1.29, 1.82) is 0 Å². The first-order chi connectivity index (χ1) is 11.5. The molecule has 1 unspecified atom stereocenters. The summed E-state index contributed by atoms with van der Waals surface area (Å²) in [5.74, 6) is -0.155. The molecule has 6 nitrogen and oxygen atoms in total. The van der Waals surface area contributed by atoms with Crippen molar-refractivity contribution in [3.63, 3.8) is 0 Å². The quantitative estimate of drug-likeness (QED) is 0.685. The normalized spacial score (nSPS) is 17.5. The number of primary amides is 1. The SMILES string of the molecule is Cc1nc(-c2ccc(OC(=O)C3CCCN(C(N)=O)C3)cc2)cs1. The van der Waals surface area contributed by atoms with Gasteiger partial charge in [-0.25, -0.2) is 9.78 Å². The zero-order chi connectivity index (χ0) is 17.1. The number of carbonyl (C=O) groups is 2. The number of thiazole rings is 1. The van der Waals surface area contributed by atoms with Gasteiger partial charge < -0.3 is 15.4 Å². The van der Waals surface area contributed by atoms with Crippen LogP contribution in [0, 0.1) is 12.8 Å². The Labute approximate surface area is 144 Å². The standard InChI is InChI=1S/C17H19N3O3S/c1-11-19-15(10-24-11)12-4-6-14(7-5-12)23-16(21)13-3-2-8-20(9-13)17(18)22/h4-7,10,13H,2-3,8-9H2,1H3,(H2,18,22). The number of amides is 2. The van der Waals surface area contributed by atoms with E-state index in [0.29, 0.717) is 25.3 Å². The van der Waals surface area contributed by atoms with Gasteiger partial charge in [-0.3, -0.25) is 4.79 Å². The van der Waals surface area contributed by atoms with E-state index >= 15 is 0 Å². The number of piperidine rings is 1. The number of ether oxygens (including phenoxy) is 1. The van der Waals surface area contributed by atoms with Crippen LogP contribution in [-0.4, -0.2) is 35.0 Å². The minimum atomic E-state index is -0.490. The molecule has 7 heteroatoms. The molecule has 0 spiro atoms. The number of esters is 1. The van der Waals surface area contributed by atoms with Gasteiger partial charge in [0.15, 0.2) is 0 Å². The molecule has 1 aromatic carbocycles. The van der Waals surface area contributed by atoms with Crippen LogP contribution in [0.1, 0.15) is 17.8 Å². The van der Waals surface area contributed by atoms with Crippen LogP contribution in [0.3, 0.4) is 0 Å². The molecule has 24 heavy (non-hydrogen) atoms. The third-order valence-electron chi connectivity index (χ3n) is 4.05. The van der Waals surface area contributed by atoms with E-state index < -0.39 is 6.03 Å².